The number of rotatable bonds is 3. The van der Waals surface area contributed by atoms with Crippen LogP contribution in [0.5, 0.6) is 0 Å². The molecular weight excluding hydrogens is 497 g/mol. The molecule has 4 fully saturated rings. The summed E-state index contributed by atoms with van der Waals surface area (Å²) in [4.78, 5) is 3.36. The van der Waals surface area contributed by atoms with Crippen molar-refractivity contribution in [3.8, 4) is 0 Å². The summed E-state index contributed by atoms with van der Waals surface area (Å²) in [6, 6.07) is 22.1. The number of morpholine rings is 1. The summed E-state index contributed by atoms with van der Waals surface area (Å²) in [7, 11) is 0. The molecule has 2 saturated heterocycles. The maximum absolute atomic E-state index is 7.40. The van der Waals surface area contributed by atoms with Gasteiger partial charge in [-0.3, -0.25) is 0 Å². The van der Waals surface area contributed by atoms with Gasteiger partial charge < -0.3 is 0 Å². The average Bonchev–Trinajstić information content (AvgIpc) is 2.87. The molecule has 2 saturated carbocycles. The van der Waals surface area contributed by atoms with Gasteiger partial charge in [-0.2, -0.15) is 0 Å². The number of ether oxygens (including phenoxy) is 2. The van der Waals surface area contributed by atoms with Gasteiger partial charge in [0, 0.05) is 0 Å². The molecule has 0 radical (unpaired) electrons. The van der Waals surface area contributed by atoms with Crippen LogP contribution in [-0.4, -0.2) is 49.9 Å². The van der Waals surface area contributed by atoms with Crippen molar-refractivity contribution >= 4 is 19.4 Å². The van der Waals surface area contributed by atoms with Gasteiger partial charge in [0.2, 0.25) is 0 Å². The first kappa shape index (κ1) is 24.2. The summed E-state index contributed by atoms with van der Waals surface area (Å²) in [5.74, 6) is 1.35. The molecule has 188 valence electrons. The molecule has 0 N–H and O–H groups in total. The van der Waals surface area contributed by atoms with E-state index < -0.39 is 0 Å². The van der Waals surface area contributed by atoms with Crippen LogP contribution < -0.4 is 4.46 Å². The summed E-state index contributed by atoms with van der Waals surface area (Å²) in [6.07, 6.45) is 9.14. The van der Waals surface area contributed by atoms with Crippen molar-refractivity contribution in [2.75, 3.05) is 6.54 Å². The van der Waals surface area contributed by atoms with Crippen LogP contribution in [0.3, 0.4) is 0 Å². The molecule has 1 spiro atoms. The molecule has 2 aliphatic carbocycles. The van der Waals surface area contributed by atoms with E-state index in [4.69, 9.17) is 9.47 Å². The first-order valence-electron chi connectivity index (χ1n) is 13.8. The van der Waals surface area contributed by atoms with E-state index in [1.54, 1.807) is 0 Å². The van der Waals surface area contributed by atoms with E-state index in [1.807, 2.05) is 0 Å². The van der Waals surface area contributed by atoms with Crippen molar-refractivity contribution in [2.45, 2.75) is 100 Å². The molecule has 0 amide bonds. The van der Waals surface area contributed by atoms with Crippen molar-refractivity contribution < 1.29 is 9.47 Å². The minimum atomic E-state index is -0.0967. The van der Waals surface area contributed by atoms with Crippen molar-refractivity contribution in [3.63, 3.8) is 0 Å². The molecule has 6 rings (SSSR count). The quantitative estimate of drug-likeness (QED) is 0.439. The van der Waals surface area contributed by atoms with Gasteiger partial charge in [-0.05, 0) is 0 Å². The van der Waals surface area contributed by atoms with Crippen molar-refractivity contribution in [3.05, 3.63) is 66.2 Å². The predicted molar refractivity (Wildman–Crippen MR) is 143 cm³/mol. The van der Waals surface area contributed by atoms with E-state index in [1.165, 1.54) is 55.0 Å². The fourth-order valence-corrected chi connectivity index (χ4v) is 10.4. The summed E-state index contributed by atoms with van der Waals surface area (Å²) in [5.41, 5.74) is 1.29. The first-order valence-corrected chi connectivity index (χ1v) is 15.7. The molecule has 2 aromatic carbocycles. The van der Waals surface area contributed by atoms with E-state index in [2.05, 4.69) is 86.3 Å². The average molecular weight is 539 g/mol. The van der Waals surface area contributed by atoms with Gasteiger partial charge in [-0.1, -0.05) is 0 Å². The Morgan fingerprint density at radius 1 is 0.914 bits per heavy atom. The van der Waals surface area contributed by atoms with E-state index in [0.29, 0.717) is 31.8 Å². The molecule has 2 heterocycles. The summed E-state index contributed by atoms with van der Waals surface area (Å²) in [5, 5.41) is 0. The minimum absolute atomic E-state index is 0.00335. The van der Waals surface area contributed by atoms with Gasteiger partial charge in [0.25, 0.3) is 0 Å². The fourth-order valence-electron chi connectivity index (χ4n) is 7.44. The third-order valence-corrected chi connectivity index (χ3v) is 12.6. The zero-order valence-electron chi connectivity index (χ0n) is 21.6. The molecule has 7 atom stereocenters. The molecule has 4 heteroatoms. The SMILES string of the molecule is C[C@@H]1CC[C@@H]2[C@@H](C1)O[C@H]1[C@H](c3ccccc3)O[C@@]3(CCCC[C@H]3[Se]c3ccccc3)CN1C2(C)C. The topological polar surface area (TPSA) is 21.7 Å². The van der Waals surface area contributed by atoms with E-state index in [0.717, 1.165) is 12.5 Å². The molecular formula is C31H41NO2Se. The normalized spacial score (nSPS) is 39.1. The zero-order valence-corrected chi connectivity index (χ0v) is 23.3. The Kier molecular flexibility index (Phi) is 6.65. The van der Waals surface area contributed by atoms with Crippen molar-refractivity contribution in [2.24, 2.45) is 11.8 Å². The number of hydrogen-bond donors (Lipinski definition) is 0. The number of benzene rings is 2. The molecule has 3 nitrogen and oxygen atoms in total. The van der Waals surface area contributed by atoms with Crippen LogP contribution in [0.4, 0.5) is 0 Å². The van der Waals surface area contributed by atoms with E-state index in [9.17, 15) is 0 Å². The van der Waals surface area contributed by atoms with E-state index in [-0.39, 0.29) is 23.5 Å². The number of hydrogen-bond acceptors (Lipinski definition) is 3. The van der Waals surface area contributed by atoms with Crippen LogP contribution in [0, 0.1) is 11.8 Å². The third kappa shape index (κ3) is 4.44. The van der Waals surface area contributed by atoms with Crippen LogP contribution in [0.15, 0.2) is 60.7 Å². The predicted octanol–water partition coefficient (Wildman–Crippen LogP) is 6.13. The van der Waals surface area contributed by atoms with Gasteiger partial charge >= 0.3 is 219 Å². The van der Waals surface area contributed by atoms with Crippen LogP contribution in [0.25, 0.3) is 0 Å². The monoisotopic (exact) mass is 539 g/mol. The van der Waals surface area contributed by atoms with Crippen LogP contribution in [0.2, 0.25) is 4.82 Å². The second kappa shape index (κ2) is 9.62. The Morgan fingerprint density at radius 3 is 2.43 bits per heavy atom. The van der Waals surface area contributed by atoms with Gasteiger partial charge in [-0.15, -0.1) is 0 Å². The molecule has 4 aliphatic rings. The molecule has 0 unspecified atom stereocenters. The summed E-state index contributed by atoms with van der Waals surface area (Å²) in [6.45, 7) is 8.43. The zero-order chi connectivity index (χ0) is 24.0. The van der Waals surface area contributed by atoms with Crippen LogP contribution in [0.1, 0.15) is 77.4 Å². The van der Waals surface area contributed by atoms with Crippen molar-refractivity contribution in [1.82, 2.24) is 4.90 Å². The summed E-state index contributed by atoms with van der Waals surface area (Å²) < 4.78 is 16.0. The standard InChI is InChI=1S/C31H41NO2Se/c1-22-17-18-25-26(20-22)33-29-28(23-12-6-4-7-13-23)34-31(21-32(29)30(25,2)3)19-11-10-16-27(31)35-24-14-8-5-9-15-24/h4-9,12-15,22,25-29H,10-11,16-21H2,1-3H3/t22-,25-,26-,27-,28+,29+,31+/m1/s1. The van der Waals surface area contributed by atoms with Crippen molar-refractivity contribution in [1.29, 1.82) is 0 Å². The Morgan fingerprint density at radius 2 is 1.66 bits per heavy atom. The fraction of sp³-hybridized carbons (Fsp3) is 0.613. The molecule has 2 aromatic rings. The Bertz CT molecular complexity index is 998. The second-order valence-corrected chi connectivity index (χ2v) is 14.7. The molecule has 35 heavy (non-hydrogen) atoms. The molecule has 0 bridgehead atoms. The number of fused-ring (bicyclic) bond motifs is 2. The number of nitrogens with zero attached hydrogens (tertiary/aromatic N) is 1. The first-order chi connectivity index (χ1) is 17.0. The second-order valence-electron chi connectivity index (χ2n) is 12.1. The third-order valence-electron chi connectivity index (χ3n) is 9.43. The van der Waals surface area contributed by atoms with E-state index >= 15 is 0 Å². The van der Waals surface area contributed by atoms with Crippen LogP contribution in [-0.2, 0) is 9.47 Å². The van der Waals surface area contributed by atoms with Gasteiger partial charge in [-0.25, -0.2) is 0 Å². The Hall–Kier alpha value is -1.16. The summed E-state index contributed by atoms with van der Waals surface area (Å²) >= 11 is 0.402. The van der Waals surface area contributed by atoms with Gasteiger partial charge in [0.1, 0.15) is 0 Å². The van der Waals surface area contributed by atoms with Crippen LogP contribution >= 0.6 is 0 Å². The molecule has 0 aromatic heterocycles. The molecule has 2 aliphatic heterocycles. The van der Waals surface area contributed by atoms with Gasteiger partial charge in [0.15, 0.2) is 0 Å². The Labute approximate surface area is 218 Å². The van der Waals surface area contributed by atoms with Gasteiger partial charge in [0.05, 0.1) is 0 Å². The Balaban J connectivity index is 1.39. The maximum atomic E-state index is 7.40.